The number of amides is 1. The van der Waals surface area contributed by atoms with E-state index in [1.165, 1.54) is 12.1 Å². The van der Waals surface area contributed by atoms with Crippen LogP contribution in [0.1, 0.15) is 13.8 Å². The van der Waals surface area contributed by atoms with Crippen molar-refractivity contribution in [1.29, 1.82) is 0 Å². The fraction of sp³-hybridized carbons (Fsp3) is 0.471. The predicted molar refractivity (Wildman–Crippen MR) is 95.6 cm³/mol. The van der Waals surface area contributed by atoms with Crippen molar-refractivity contribution >= 4 is 17.8 Å². The number of phenols is 1. The number of hydrogen-bond donors (Lipinski definition) is 6. The second-order valence-corrected chi connectivity index (χ2v) is 5.72. The first-order chi connectivity index (χ1) is 12.6. The highest BCUT2D eigenvalue weighted by atomic mass is 16.5. The lowest BCUT2D eigenvalue weighted by Gasteiger charge is -2.14. The van der Waals surface area contributed by atoms with E-state index in [0.717, 1.165) is 0 Å². The van der Waals surface area contributed by atoms with Crippen molar-refractivity contribution in [2.75, 3.05) is 26.2 Å². The molecule has 0 spiro atoms. The Morgan fingerprint density at radius 1 is 1.04 bits per heavy atom. The molecule has 1 amide bonds. The van der Waals surface area contributed by atoms with Gasteiger partial charge < -0.3 is 35.8 Å². The number of carbonyl (C=O) groups excluding carboxylic acids is 1. The van der Waals surface area contributed by atoms with Gasteiger partial charge in [0.2, 0.25) is 5.91 Å². The SMILES string of the molecule is CC(C)C(=O)NCCNCC(O)COc1ccc(O)cc1.O=C(O)C(=O)O. The van der Waals surface area contributed by atoms with Gasteiger partial charge in [0.15, 0.2) is 0 Å². The third kappa shape index (κ3) is 13.1. The Hall–Kier alpha value is -2.85. The molecule has 1 aromatic carbocycles. The van der Waals surface area contributed by atoms with Gasteiger partial charge in [-0.3, -0.25) is 4.79 Å². The summed E-state index contributed by atoms with van der Waals surface area (Å²) in [5.74, 6) is -2.88. The summed E-state index contributed by atoms with van der Waals surface area (Å²) in [6.07, 6.45) is -0.639. The standard InChI is InChI=1S/C15H24N2O4.C2H2O4/c1-11(2)15(20)17-8-7-16-9-13(19)10-21-14-5-3-12(18)4-6-14;3-1(4)2(5)6/h3-6,11,13,16,18-19H,7-10H2,1-2H3,(H,17,20);(H,3,4)(H,5,6). The summed E-state index contributed by atoms with van der Waals surface area (Å²) in [6.45, 7) is 5.35. The molecule has 1 atom stereocenters. The second-order valence-electron chi connectivity index (χ2n) is 5.72. The highest BCUT2D eigenvalue weighted by molar-refractivity contribution is 6.27. The van der Waals surface area contributed by atoms with Crippen molar-refractivity contribution in [2.45, 2.75) is 20.0 Å². The summed E-state index contributed by atoms with van der Waals surface area (Å²) in [4.78, 5) is 29.5. The van der Waals surface area contributed by atoms with Gasteiger partial charge in [-0.25, -0.2) is 9.59 Å². The van der Waals surface area contributed by atoms with E-state index in [2.05, 4.69) is 10.6 Å². The fourth-order valence-electron chi connectivity index (χ4n) is 1.54. The zero-order valence-corrected chi connectivity index (χ0v) is 15.2. The van der Waals surface area contributed by atoms with E-state index >= 15 is 0 Å². The number of aliphatic hydroxyl groups is 1. The van der Waals surface area contributed by atoms with Crippen molar-refractivity contribution in [3.8, 4) is 11.5 Å². The molecule has 10 heteroatoms. The van der Waals surface area contributed by atoms with Gasteiger partial charge in [0, 0.05) is 25.6 Å². The number of carboxylic acids is 2. The van der Waals surface area contributed by atoms with E-state index in [4.69, 9.17) is 29.6 Å². The zero-order chi connectivity index (χ0) is 20.8. The molecule has 0 heterocycles. The number of hydrogen-bond acceptors (Lipinski definition) is 7. The highest BCUT2D eigenvalue weighted by Gasteiger charge is 2.07. The lowest BCUT2D eigenvalue weighted by Crippen LogP contribution is -2.38. The Labute approximate surface area is 156 Å². The number of benzene rings is 1. The van der Waals surface area contributed by atoms with Gasteiger partial charge in [0.1, 0.15) is 24.2 Å². The molecule has 0 aliphatic carbocycles. The van der Waals surface area contributed by atoms with E-state index in [1.54, 1.807) is 12.1 Å². The molecule has 0 fully saturated rings. The maximum atomic E-state index is 11.3. The predicted octanol–water partition coefficient (Wildman–Crippen LogP) is -0.351. The van der Waals surface area contributed by atoms with Crippen LogP contribution < -0.4 is 15.4 Å². The third-order valence-corrected chi connectivity index (χ3v) is 2.97. The van der Waals surface area contributed by atoms with Crippen molar-refractivity contribution in [3.63, 3.8) is 0 Å². The number of rotatable bonds is 9. The largest absolute Gasteiger partial charge is 0.508 e. The molecule has 1 rings (SSSR count). The van der Waals surface area contributed by atoms with E-state index in [1.807, 2.05) is 13.8 Å². The van der Waals surface area contributed by atoms with Crippen LogP contribution in [0.3, 0.4) is 0 Å². The number of carboxylic acid groups (broad SMARTS) is 2. The minimum atomic E-state index is -1.82. The topological polar surface area (TPSA) is 165 Å². The molecule has 0 bridgehead atoms. The minimum Gasteiger partial charge on any atom is -0.508 e. The van der Waals surface area contributed by atoms with Crippen LogP contribution in [-0.2, 0) is 14.4 Å². The number of carbonyl (C=O) groups is 3. The highest BCUT2D eigenvalue weighted by Crippen LogP contribution is 2.15. The fourth-order valence-corrected chi connectivity index (χ4v) is 1.54. The van der Waals surface area contributed by atoms with Gasteiger partial charge in [0.05, 0.1) is 0 Å². The summed E-state index contributed by atoms with van der Waals surface area (Å²) in [5.41, 5.74) is 0. The lowest BCUT2D eigenvalue weighted by molar-refractivity contribution is -0.159. The quantitative estimate of drug-likeness (QED) is 0.246. The van der Waals surface area contributed by atoms with Gasteiger partial charge >= 0.3 is 11.9 Å². The summed E-state index contributed by atoms with van der Waals surface area (Å²) in [7, 11) is 0. The molecule has 1 aromatic rings. The molecular weight excluding hydrogens is 360 g/mol. The molecule has 0 radical (unpaired) electrons. The van der Waals surface area contributed by atoms with Crippen LogP contribution in [0.25, 0.3) is 0 Å². The van der Waals surface area contributed by atoms with Gasteiger partial charge in [-0.05, 0) is 24.3 Å². The molecule has 0 saturated heterocycles. The van der Waals surface area contributed by atoms with Crippen LogP contribution >= 0.6 is 0 Å². The number of aliphatic carboxylic acids is 2. The Morgan fingerprint density at radius 3 is 2.07 bits per heavy atom. The summed E-state index contributed by atoms with van der Waals surface area (Å²) in [5, 5.41) is 39.5. The molecule has 0 aromatic heterocycles. The molecule has 10 nitrogen and oxygen atoms in total. The zero-order valence-electron chi connectivity index (χ0n) is 15.2. The van der Waals surface area contributed by atoms with Crippen molar-refractivity contribution in [2.24, 2.45) is 5.92 Å². The number of aliphatic hydroxyl groups excluding tert-OH is 1. The molecule has 0 saturated carbocycles. The van der Waals surface area contributed by atoms with Crippen LogP contribution in [0.4, 0.5) is 0 Å². The molecule has 6 N–H and O–H groups in total. The number of ether oxygens (including phenoxy) is 1. The minimum absolute atomic E-state index is 0.0192. The van der Waals surface area contributed by atoms with Gasteiger partial charge in [-0.2, -0.15) is 0 Å². The van der Waals surface area contributed by atoms with E-state index < -0.39 is 18.0 Å². The van der Waals surface area contributed by atoms with Crippen molar-refractivity contribution in [3.05, 3.63) is 24.3 Å². The van der Waals surface area contributed by atoms with Crippen LogP contribution in [0.15, 0.2) is 24.3 Å². The maximum Gasteiger partial charge on any atom is 0.414 e. The van der Waals surface area contributed by atoms with E-state index in [9.17, 15) is 9.90 Å². The monoisotopic (exact) mass is 386 g/mol. The smallest absolute Gasteiger partial charge is 0.414 e. The van der Waals surface area contributed by atoms with Crippen LogP contribution in [-0.4, -0.2) is 70.6 Å². The van der Waals surface area contributed by atoms with Crippen LogP contribution in [0, 0.1) is 5.92 Å². The average Bonchev–Trinajstić information content (AvgIpc) is 2.61. The molecular formula is C17H26N2O8. The second kappa shape index (κ2) is 13.4. The molecule has 152 valence electrons. The van der Waals surface area contributed by atoms with Gasteiger partial charge in [-0.15, -0.1) is 0 Å². The molecule has 1 unspecified atom stereocenters. The number of nitrogens with one attached hydrogen (secondary N) is 2. The van der Waals surface area contributed by atoms with Gasteiger partial charge in [-0.1, -0.05) is 13.8 Å². The Morgan fingerprint density at radius 2 is 1.59 bits per heavy atom. The maximum absolute atomic E-state index is 11.3. The molecule has 0 aliphatic rings. The lowest BCUT2D eigenvalue weighted by atomic mass is 10.2. The summed E-state index contributed by atoms with van der Waals surface area (Å²) >= 11 is 0. The average molecular weight is 386 g/mol. The van der Waals surface area contributed by atoms with Crippen molar-refractivity contribution < 1.29 is 39.5 Å². The van der Waals surface area contributed by atoms with Crippen LogP contribution in [0.2, 0.25) is 0 Å². The molecule has 27 heavy (non-hydrogen) atoms. The summed E-state index contributed by atoms with van der Waals surface area (Å²) < 4.78 is 5.38. The Balaban J connectivity index is 0.000000972. The van der Waals surface area contributed by atoms with Gasteiger partial charge in [0.25, 0.3) is 0 Å². The van der Waals surface area contributed by atoms with E-state index in [-0.39, 0.29) is 24.2 Å². The third-order valence-electron chi connectivity index (χ3n) is 2.97. The normalized spacial score (nSPS) is 11.1. The molecule has 0 aliphatic heterocycles. The number of phenolic OH excluding ortho intramolecular Hbond substituents is 1. The van der Waals surface area contributed by atoms with E-state index in [0.29, 0.717) is 25.4 Å². The summed E-state index contributed by atoms with van der Waals surface area (Å²) in [6, 6.07) is 6.32. The Bertz CT molecular complexity index is 577. The van der Waals surface area contributed by atoms with Crippen LogP contribution in [0.5, 0.6) is 11.5 Å². The Kier molecular flexibility index (Phi) is 12.0. The first-order valence-corrected chi connectivity index (χ1v) is 8.18. The first kappa shape index (κ1) is 24.1. The first-order valence-electron chi connectivity index (χ1n) is 8.18. The number of aromatic hydroxyl groups is 1. The van der Waals surface area contributed by atoms with Crippen molar-refractivity contribution in [1.82, 2.24) is 10.6 Å².